The Morgan fingerprint density at radius 2 is 1.73 bits per heavy atom. The van der Waals surface area contributed by atoms with Crippen LogP contribution < -0.4 is 5.32 Å². The third kappa shape index (κ3) is 3.42. The van der Waals surface area contributed by atoms with E-state index in [1.807, 2.05) is 18.3 Å². The molecule has 1 amide bonds. The second kappa shape index (κ2) is 7.65. The molecule has 0 atom stereocenters. The Morgan fingerprint density at radius 3 is 2.38 bits per heavy atom. The summed E-state index contributed by atoms with van der Waals surface area (Å²) in [6, 6.07) is 13.2. The molecule has 0 spiro atoms. The van der Waals surface area contributed by atoms with Crippen LogP contribution in [0.4, 0.5) is 0 Å². The highest BCUT2D eigenvalue weighted by Crippen LogP contribution is 2.40. The van der Waals surface area contributed by atoms with Crippen LogP contribution in [0, 0.1) is 0 Å². The van der Waals surface area contributed by atoms with Gasteiger partial charge in [-0.05, 0) is 50.2 Å². The summed E-state index contributed by atoms with van der Waals surface area (Å²) in [4.78, 5) is 13.4. The van der Waals surface area contributed by atoms with Crippen molar-refractivity contribution in [2.24, 2.45) is 0 Å². The fraction of sp³-hybridized carbons (Fsp3) is 0.545. The molecule has 2 aliphatic carbocycles. The topological polar surface area (TPSA) is 46.9 Å². The summed E-state index contributed by atoms with van der Waals surface area (Å²) in [7, 11) is 0. The number of benzene rings is 1. The van der Waals surface area contributed by atoms with Gasteiger partial charge >= 0.3 is 0 Å². The molecular formula is C22H29N3O. The molecule has 0 bridgehead atoms. The number of amides is 1. The second-order valence-electron chi connectivity index (χ2n) is 7.97. The fourth-order valence-electron chi connectivity index (χ4n) is 4.86. The Kier molecular flexibility index (Phi) is 5.09. The summed E-state index contributed by atoms with van der Waals surface area (Å²) in [6.07, 6.45) is 13.7. The molecule has 4 heteroatoms. The second-order valence-corrected chi connectivity index (χ2v) is 7.97. The molecule has 26 heavy (non-hydrogen) atoms. The highest BCUT2D eigenvalue weighted by molar-refractivity contribution is 5.88. The predicted molar refractivity (Wildman–Crippen MR) is 103 cm³/mol. The summed E-state index contributed by atoms with van der Waals surface area (Å²) in [5, 5.41) is 7.80. The number of aromatic nitrogens is 2. The summed E-state index contributed by atoms with van der Waals surface area (Å²) < 4.78 is 2.07. The lowest BCUT2D eigenvalue weighted by Gasteiger charge is -2.38. The van der Waals surface area contributed by atoms with Crippen molar-refractivity contribution in [1.29, 1.82) is 0 Å². The standard InChI is InChI=1S/C22H29N3O/c26-21(22(14-5-2-6-15-22)18-8-3-1-4-9-18)24-19-10-12-20(13-11-19)25-17-7-16-23-25/h1,3-4,7-9,16-17,19-20H,2,5-6,10-15H2,(H,24,26). The van der Waals surface area contributed by atoms with Crippen LogP contribution in [0.2, 0.25) is 0 Å². The Labute approximate surface area is 156 Å². The largest absolute Gasteiger partial charge is 0.353 e. The predicted octanol–water partition coefficient (Wildman–Crippen LogP) is 4.39. The number of carbonyl (C=O) groups excluding carboxylic acids is 1. The van der Waals surface area contributed by atoms with Gasteiger partial charge in [-0.1, -0.05) is 49.6 Å². The monoisotopic (exact) mass is 351 g/mol. The quantitative estimate of drug-likeness (QED) is 0.888. The molecule has 1 heterocycles. The molecule has 4 nitrogen and oxygen atoms in total. The molecule has 0 radical (unpaired) electrons. The van der Waals surface area contributed by atoms with Crippen LogP contribution >= 0.6 is 0 Å². The van der Waals surface area contributed by atoms with Crippen LogP contribution in [0.3, 0.4) is 0 Å². The number of rotatable bonds is 4. The van der Waals surface area contributed by atoms with Gasteiger partial charge in [0.15, 0.2) is 0 Å². The van der Waals surface area contributed by atoms with Crippen molar-refractivity contribution in [2.75, 3.05) is 0 Å². The number of hydrogen-bond donors (Lipinski definition) is 1. The first-order valence-corrected chi connectivity index (χ1v) is 10.1. The Bertz CT molecular complexity index is 696. The number of nitrogens with zero attached hydrogens (tertiary/aromatic N) is 2. The van der Waals surface area contributed by atoms with Crippen LogP contribution in [0.25, 0.3) is 0 Å². The van der Waals surface area contributed by atoms with E-state index in [0.29, 0.717) is 12.1 Å². The molecule has 1 aromatic heterocycles. The fourth-order valence-corrected chi connectivity index (χ4v) is 4.86. The third-order valence-corrected chi connectivity index (χ3v) is 6.40. The molecule has 2 fully saturated rings. The maximum absolute atomic E-state index is 13.4. The minimum absolute atomic E-state index is 0.255. The van der Waals surface area contributed by atoms with E-state index in [4.69, 9.17) is 0 Å². The smallest absolute Gasteiger partial charge is 0.230 e. The lowest BCUT2D eigenvalue weighted by Crippen LogP contribution is -2.50. The lowest BCUT2D eigenvalue weighted by molar-refractivity contribution is -0.129. The zero-order valence-corrected chi connectivity index (χ0v) is 15.4. The van der Waals surface area contributed by atoms with E-state index in [-0.39, 0.29) is 11.3 Å². The van der Waals surface area contributed by atoms with Crippen molar-refractivity contribution in [3.8, 4) is 0 Å². The Balaban J connectivity index is 1.43. The van der Waals surface area contributed by atoms with Crippen molar-refractivity contribution in [3.63, 3.8) is 0 Å². The molecule has 2 aliphatic rings. The van der Waals surface area contributed by atoms with Crippen LogP contribution in [-0.4, -0.2) is 21.7 Å². The highest BCUT2D eigenvalue weighted by Gasteiger charge is 2.41. The molecule has 4 rings (SSSR count). The number of hydrogen-bond acceptors (Lipinski definition) is 2. The van der Waals surface area contributed by atoms with E-state index in [9.17, 15) is 4.79 Å². The number of carbonyl (C=O) groups is 1. The minimum Gasteiger partial charge on any atom is -0.353 e. The SMILES string of the molecule is O=C(NC1CCC(n2cccn2)CC1)C1(c2ccccc2)CCCCC1. The molecule has 0 unspecified atom stereocenters. The van der Waals surface area contributed by atoms with Crippen LogP contribution in [0.5, 0.6) is 0 Å². The van der Waals surface area contributed by atoms with E-state index in [1.165, 1.54) is 12.0 Å². The summed E-state index contributed by atoms with van der Waals surface area (Å²) in [5.41, 5.74) is 0.876. The van der Waals surface area contributed by atoms with E-state index in [1.54, 1.807) is 0 Å². The zero-order chi connectivity index (χ0) is 17.8. The van der Waals surface area contributed by atoms with Crippen molar-refractivity contribution < 1.29 is 4.79 Å². The van der Waals surface area contributed by atoms with Crippen molar-refractivity contribution in [1.82, 2.24) is 15.1 Å². The van der Waals surface area contributed by atoms with Crippen molar-refractivity contribution >= 4 is 5.91 Å². The van der Waals surface area contributed by atoms with Crippen LogP contribution in [0.1, 0.15) is 69.4 Å². The molecule has 2 saturated carbocycles. The Hall–Kier alpha value is -2.10. The average molecular weight is 351 g/mol. The van der Waals surface area contributed by atoms with Gasteiger partial charge in [0.05, 0.1) is 11.5 Å². The zero-order valence-electron chi connectivity index (χ0n) is 15.4. The van der Waals surface area contributed by atoms with Gasteiger partial charge in [-0.3, -0.25) is 9.48 Å². The van der Waals surface area contributed by atoms with Gasteiger partial charge < -0.3 is 5.32 Å². The van der Waals surface area contributed by atoms with Gasteiger partial charge in [-0.25, -0.2) is 0 Å². The first-order chi connectivity index (χ1) is 12.8. The lowest BCUT2D eigenvalue weighted by atomic mass is 9.68. The maximum atomic E-state index is 13.4. The summed E-state index contributed by atoms with van der Waals surface area (Å²) >= 11 is 0. The maximum Gasteiger partial charge on any atom is 0.230 e. The van der Waals surface area contributed by atoms with E-state index in [2.05, 4.69) is 45.6 Å². The molecule has 138 valence electrons. The van der Waals surface area contributed by atoms with Crippen LogP contribution in [-0.2, 0) is 10.2 Å². The van der Waals surface area contributed by atoms with Gasteiger partial charge in [0.2, 0.25) is 5.91 Å². The van der Waals surface area contributed by atoms with Gasteiger partial charge in [0.25, 0.3) is 0 Å². The molecule has 0 aliphatic heterocycles. The van der Waals surface area contributed by atoms with E-state index in [0.717, 1.165) is 51.4 Å². The van der Waals surface area contributed by atoms with Gasteiger partial charge in [0, 0.05) is 18.4 Å². The van der Waals surface area contributed by atoms with Gasteiger partial charge in [-0.2, -0.15) is 5.10 Å². The first-order valence-electron chi connectivity index (χ1n) is 10.1. The van der Waals surface area contributed by atoms with Crippen LogP contribution in [0.15, 0.2) is 48.8 Å². The van der Waals surface area contributed by atoms with Gasteiger partial charge in [-0.15, -0.1) is 0 Å². The van der Waals surface area contributed by atoms with E-state index >= 15 is 0 Å². The normalized spacial score (nSPS) is 25.5. The number of nitrogens with one attached hydrogen (secondary N) is 1. The highest BCUT2D eigenvalue weighted by atomic mass is 16.2. The molecule has 1 aromatic carbocycles. The molecule has 1 N–H and O–H groups in total. The molecule has 2 aromatic rings. The van der Waals surface area contributed by atoms with Gasteiger partial charge in [0.1, 0.15) is 0 Å². The summed E-state index contributed by atoms with van der Waals surface area (Å²) in [5.74, 6) is 0.255. The molecule has 0 saturated heterocycles. The van der Waals surface area contributed by atoms with Crippen molar-refractivity contribution in [2.45, 2.75) is 75.3 Å². The third-order valence-electron chi connectivity index (χ3n) is 6.40. The first kappa shape index (κ1) is 17.3. The average Bonchev–Trinajstić information content (AvgIpc) is 3.24. The summed E-state index contributed by atoms with van der Waals surface area (Å²) in [6.45, 7) is 0. The molecular weight excluding hydrogens is 322 g/mol. The Morgan fingerprint density at radius 1 is 1.00 bits per heavy atom. The van der Waals surface area contributed by atoms with E-state index < -0.39 is 0 Å². The van der Waals surface area contributed by atoms with Crippen molar-refractivity contribution in [3.05, 3.63) is 54.4 Å². The minimum atomic E-state index is -0.321.